The summed E-state index contributed by atoms with van der Waals surface area (Å²) < 4.78 is 4.73. The van der Waals surface area contributed by atoms with Crippen molar-refractivity contribution >= 4 is 11.9 Å². The third kappa shape index (κ3) is 2.44. The molecule has 0 saturated heterocycles. The van der Waals surface area contributed by atoms with Crippen molar-refractivity contribution in [3.63, 3.8) is 0 Å². The van der Waals surface area contributed by atoms with Crippen LogP contribution in [0.15, 0.2) is 23.3 Å². The molecule has 2 rings (SSSR count). The first-order valence-electron chi connectivity index (χ1n) is 6.78. The number of methoxy groups -OCH3 is 1. The van der Waals surface area contributed by atoms with E-state index in [2.05, 4.69) is 18.3 Å². The molecule has 2 aliphatic rings. The van der Waals surface area contributed by atoms with Gasteiger partial charge in [0.15, 0.2) is 0 Å². The Morgan fingerprint density at radius 1 is 1.58 bits per heavy atom. The van der Waals surface area contributed by atoms with Gasteiger partial charge in [-0.1, -0.05) is 24.6 Å². The molecular formula is C15H21NO3. The van der Waals surface area contributed by atoms with Gasteiger partial charge in [0.05, 0.1) is 12.6 Å². The smallest absolute Gasteiger partial charge is 0.407 e. The molecule has 0 aromatic heterocycles. The first kappa shape index (κ1) is 13.8. The number of fused-ring (bicyclic) bond motifs is 2. The summed E-state index contributed by atoms with van der Waals surface area (Å²) in [6.45, 7) is 4.08. The Morgan fingerprint density at radius 3 is 2.89 bits per heavy atom. The van der Waals surface area contributed by atoms with Crippen LogP contribution in [0.3, 0.4) is 0 Å². The number of rotatable bonds is 2. The number of ketones is 1. The maximum absolute atomic E-state index is 12.0. The standard InChI is InChI=1S/C15H21NO3/c1-4-10-6-11-7-12(17)9-15(8-10,13(11)5-2)16-14(18)19-3/h5-6,11H,4,7-9H2,1-3H3,(H,16,18)/b13-5+/t11-,15-/m0/s1. The second-order valence-electron chi connectivity index (χ2n) is 5.32. The largest absolute Gasteiger partial charge is 0.453 e. The van der Waals surface area contributed by atoms with Crippen molar-refractivity contribution in [2.75, 3.05) is 7.11 Å². The second kappa shape index (κ2) is 5.19. The van der Waals surface area contributed by atoms with E-state index in [4.69, 9.17) is 4.74 Å². The van der Waals surface area contributed by atoms with Crippen LogP contribution in [0.4, 0.5) is 4.79 Å². The minimum atomic E-state index is -0.568. The van der Waals surface area contributed by atoms with Crippen LogP contribution in [0.2, 0.25) is 0 Å². The summed E-state index contributed by atoms with van der Waals surface area (Å²) >= 11 is 0. The zero-order valence-electron chi connectivity index (χ0n) is 11.8. The number of carbonyl (C=O) groups is 2. The van der Waals surface area contributed by atoms with Gasteiger partial charge in [0.1, 0.15) is 5.78 Å². The number of nitrogens with one attached hydrogen (secondary N) is 1. The number of amides is 1. The van der Waals surface area contributed by atoms with Crippen molar-refractivity contribution in [2.45, 2.75) is 45.1 Å². The van der Waals surface area contributed by atoms with E-state index in [0.717, 1.165) is 12.0 Å². The van der Waals surface area contributed by atoms with Gasteiger partial charge in [-0.15, -0.1) is 0 Å². The zero-order valence-corrected chi connectivity index (χ0v) is 11.8. The summed E-state index contributed by atoms with van der Waals surface area (Å²) in [4.78, 5) is 23.6. The SMILES string of the molecule is C/C=C1\[C@H]2C=C(CC)C[C@]1(NC(=O)OC)CC(=O)C2. The fourth-order valence-corrected chi connectivity index (χ4v) is 3.41. The molecule has 0 aliphatic heterocycles. The number of hydrogen-bond acceptors (Lipinski definition) is 3. The van der Waals surface area contributed by atoms with Crippen molar-refractivity contribution in [3.05, 3.63) is 23.3 Å². The molecule has 1 fully saturated rings. The molecule has 0 radical (unpaired) electrons. The Bertz CT molecular complexity index is 464. The lowest BCUT2D eigenvalue weighted by molar-refractivity contribution is -0.122. The Morgan fingerprint density at radius 2 is 2.32 bits per heavy atom. The number of hydrogen-bond donors (Lipinski definition) is 1. The minimum absolute atomic E-state index is 0.132. The quantitative estimate of drug-likeness (QED) is 0.779. The van der Waals surface area contributed by atoms with Crippen LogP contribution >= 0.6 is 0 Å². The summed E-state index contributed by atoms with van der Waals surface area (Å²) in [7, 11) is 1.35. The summed E-state index contributed by atoms with van der Waals surface area (Å²) in [5, 5.41) is 2.92. The maximum Gasteiger partial charge on any atom is 0.407 e. The van der Waals surface area contributed by atoms with E-state index in [1.165, 1.54) is 12.7 Å². The molecule has 0 aromatic rings. The number of ether oxygens (including phenoxy) is 1. The Labute approximate surface area is 113 Å². The van der Waals surface area contributed by atoms with Crippen molar-refractivity contribution in [1.82, 2.24) is 5.32 Å². The van der Waals surface area contributed by atoms with Crippen LogP contribution in [-0.4, -0.2) is 24.5 Å². The maximum atomic E-state index is 12.0. The van der Waals surface area contributed by atoms with Crippen molar-refractivity contribution in [3.8, 4) is 0 Å². The molecule has 4 nitrogen and oxygen atoms in total. The second-order valence-corrected chi connectivity index (χ2v) is 5.32. The lowest BCUT2D eigenvalue weighted by Crippen LogP contribution is -2.56. The van der Waals surface area contributed by atoms with E-state index in [1.807, 2.05) is 13.0 Å². The molecule has 2 aliphatic carbocycles. The molecule has 2 atom stereocenters. The van der Waals surface area contributed by atoms with Crippen LogP contribution in [0.5, 0.6) is 0 Å². The third-order valence-electron chi connectivity index (χ3n) is 4.16. The predicted octanol–water partition coefficient (Wildman–Crippen LogP) is 2.75. The molecule has 19 heavy (non-hydrogen) atoms. The molecule has 1 amide bonds. The van der Waals surface area contributed by atoms with Gasteiger partial charge in [-0.25, -0.2) is 4.79 Å². The lowest BCUT2D eigenvalue weighted by Gasteiger charge is -2.46. The van der Waals surface area contributed by atoms with Crippen molar-refractivity contribution in [2.24, 2.45) is 5.92 Å². The topological polar surface area (TPSA) is 55.4 Å². The van der Waals surface area contributed by atoms with Gasteiger partial charge >= 0.3 is 6.09 Å². The number of Topliss-reactive ketones (excluding diaryl/α,β-unsaturated/α-hetero) is 1. The fraction of sp³-hybridized carbons (Fsp3) is 0.600. The highest BCUT2D eigenvalue weighted by atomic mass is 16.5. The monoisotopic (exact) mass is 263 g/mol. The summed E-state index contributed by atoms with van der Waals surface area (Å²) in [6.07, 6.45) is 6.35. The van der Waals surface area contributed by atoms with E-state index in [1.54, 1.807) is 0 Å². The molecule has 1 saturated carbocycles. The van der Waals surface area contributed by atoms with Gasteiger partial charge in [-0.05, 0) is 25.3 Å². The average Bonchev–Trinajstić information content (AvgIpc) is 2.36. The van der Waals surface area contributed by atoms with Gasteiger partial charge in [0, 0.05) is 18.8 Å². The predicted molar refractivity (Wildman–Crippen MR) is 72.8 cm³/mol. The number of carbonyl (C=O) groups excluding carboxylic acids is 2. The first-order valence-corrected chi connectivity index (χ1v) is 6.78. The van der Waals surface area contributed by atoms with Gasteiger partial charge < -0.3 is 10.1 Å². The highest BCUT2D eigenvalue weighted by Gasteiger charge is 2.47. The van der Waals surface area contributed by atoms with Crippen LogP contribution in [0.25, 0.3) is 0 Å². The molecule has 2 bridgehead atoms. The molecular weight excluding hydrogens is 242 g/mol. The van der Waals surface area contributed by atoms with Crippen LogP contribution in [0.1, 0.15) is 39.5 Å². The van der Waals surface area contributed by atoms with Gasteiger partial charge in [-0.2, -0.15) is 0 Å². The fourth-order valence-electron chi connectivity index (χ4n) is 3.41. The molecule has 4 heteroatoms. The van der Waals surface area contributed by atoms with E-state index in [0.29, 0.717) is 19.3 Å². The van der Waals surface area contributed by atoms with Crippen LogP contribution < -0.4 is 5.32 Å². The van der Waals surface area contributed by atoms with Gasteiger partial charge in [-0.3, -0.25) is 4.79 Å². The van der Waals surface area contributed by atoms with Crippen LogP contribution in [0, 0.1) is 5.92 Å². The zero-order chi connectivity index (χ0) is 14.0. The van der Waals surface area contributed by atoms with Crippen molar-refractivity contribution < 1.29 is 14.3 Å². The molecule has 0 unspecified atom stereocenters. The average molecular weight is 263 g/mol. The van der Waals surface area contributed by atoms with E-state index < -0.39 is 11.6 Å². The molecule has 1 N–H and O–H groups in total. The normalized spacial score (nSPS) is 31.9. The molecule has 104 valence electrons. The highest BCUT2D eigenvalue weighted by Crippen LogP contribution is 2.45. The number of alkyl carbamates (subject to hydrolysis) is 1. The highest BCUT2D eigenvalue weighted by molar-refractivity contribution is 5.85. The van der Waals surface area contributed by atoms with Crippen LogP contribution in [-0.2, 0) is 9.53 Å². The van der Waals surface area contributed by atoms with E-state index in [9.17, 15) is 9.59 Å². The number of allylic oxidation sites excluding steroid dienone is 2. The summed E-state index contributed by atoms with van der Waals surface area (Å²) in [5.74, 6) is 0.338. The van der Waals surface area contributed by atoms with Gasteiger partial charge in [0.2, 0.25) is 0 Å². The molecule has 0 heterocycles. The summed E-state index contributed by atoms with van der Waals surface area (Å²) in [5.41, 5.74) is 1.89. The molecule has 0 spiro atoms. The summed E-state index contributed by atoms with van der Waals surface area (Å²) in [6, 6.07) is 0. The van der Waals surface area contributed by atoms with Gasteiger partial charge in [0.25, 0.3) is 0 Å². The van der Waals surface area contributed by atoms with E-state index in [-0.39, 0.29) is 11.7 Å². The van der Waals surface area contributed by atoms with Crippen molar-refractivity contribution in [1.29, 1.82) is 0 Å². The molecule has 0 aromatic carbocycles. The Hall–Kier alpha value is -1.58. The van der Waals surface area contributed by atoms with E-state index >= 15 is 0 Å². The minimum Gasteiger partial charge on any atom is -0.453 e. The Kier molecular flexibility index (Phi) is 3.78. The first-order chi connectivity index (χ1) is 9.04. The lowest BCUT2D eigenvalue weighted by atomic mass is 9.63. The third-order valence-corrected chi connectivity index (χ3v) is 4.16. The Balaban J connectivity index is 2.43.